The molecular formula is C24H25FN2O4. The van der Waals surface area contributed by atoms with Gasteiger partial charge in [-0.25, -0.2) is 9.18 Å². The molecule has 3 fully saturated rings. The highest BCUT2D eigenvalue weighted by Gasteiger charge is 2.54. The molecule has 0 N–H and O–H groups in total. The molecule has 2 amide bonds. The van der Waals surface area contributed by atoms with Crippen LogP contribution in [0.2, 0.25) is 0 Å². The molecule has 7 heteroatoms. The van der Waals surface area contributed by atoms with Gasteiger partial charge in [0.2, 0.25) is 5.91 Å². The summed E-state index contributed by atoms with van der Waals surface area (Å²) in [7, 11) is 0. The first-order valence-corrected chi connectivity index (χ1v) is 10.7. The molecule has 3 saturated heterocycles. The molecule has 0 saturated carbocycles. The van der Waals surface area contributed by atoms with Crippen molar-refractivity contribution in [1.82, 2.24) is 4.90 Å². The highest BCUT2D eigenvalue weighted by molar-refractivity contribution is 5.91. The van der Waals surface area contributed by atoms with Crippen LogP contribution in [-0.4, -0.2) is 55.3 Å². The van der Waals surface area contributed by atoms with Crippen LogP contribution in [0.3, 0.4) is 0 Å². The maximum absolute atomic E-state index is 14.0. The van der Waals surface area contributed by atoms with Gasteiger partial charge in [0.05, 0.1) is 18.5 Å². The summed E-state index contributed by atoms with van der Waals surface area (Å²) in [6, 6.07) is 15.7. The highest BCUT2D eigenvalue weighted by Crippen LogP contribution is 2.41. The number of rotatable bonds is 3. The molecule has 162 valence electrons. The van der Waals surface area contributed by atoms with Crippen molar-refractivity contribution in [2.24, 2.45) is 0 Å². The normalized spacial score (nSPS) is 25.1. The molecule has 0 bridgehead atoms. The van der Waals surface area contributed by atoms with Gasteiger partial charge in [-0.15, -0.1) is 0 Å². The zero-order valence-electron chi connectivity index (χ0n) is 17.3. The van der Waals surface area contributed by atoms with Gasteiger partial charge in [0.1, 0.15) is 5.82 Å². The summed E-state index contributed by atoms with van der Waals surface area (Å²) in [5.74, 6) is -0.384. The smallest absolute Gasteiger partial charge is 0.415 e. The zero-order valence-corrected chi connectivity index (χ0v) is 17.3. The fraction of sp³-hybridized carbons (Fsp3) is 0.417. The summed E-state index contributed by atoms with van der Waals surface area (Å²) in [4.78, 5) is 29.8. The van der Waals surface area contributed by atoms with Gasteiger partial charge in [-0.05, 0) is 42.7 Å². The summed E-state index contributed by atoms with van der Waals surface area (Å²) < 4.78 is 25.3. The fourth-order valence-electron chi connectivity index (χ4n) is 5.09. The van der Waals surface area contributed by atoms with Crippen LogP contribution in [0.1, 0.15) is 24.8 Å². The maximum atomic E-state index is 14.0. The average Bonchev–Trinajstić information content (AvgIpc) is 3.36. The number of anilines is 1. The quantitative estimate of drug-likeness (QED) is 0.757. The number of carbonyl (C=O) groups excluding carboxylic acids is 2. The Bertz CT molecular complexity index is 992. The molecule has 2 aromatic rings. The standard InChI is InChI=1S/C24H25FN2O4/c25-19-6-4-5-18(15-19)24(10-13-30-14-11-24)21(28)26-12-9-23(16-26)17-27(22(29)31-23)20-7-2-1-3-8-20/h1-8,15H,9-14,16-17H2. The summed E-state index contributed by atoms with van der Waals surface area (Å²) in [5.41, 5.74) is -0.0456. The molecule has 5 rings (SSSR count). The van der Waals surface area contributed by atoms with Gasteiger partial charge in [0.15, 0.2) is 5.60 Å². The lowest BCUT2D eigenvalue weighted by atomic mass is 9.73. The molecule has 0 radical (unpaired) electrons. The van der Waals surface area contributed by atoms with Crippen LogP contribution in [0.5, 0.6) is 0 Å². The van der Waals surface area contributed by atoms with Crippen molar-refractivity contribution in [3.63, 3.8) is 0 Å². The van der Waals surface area contributed by atoms with Crippen LogP contribution in [0.15, 0.2) is 54.6 Å². The lowest BCUT2D eigenvalue weighted by Gasteiger charge is -2.39. The van der Waals surface area contributed by atoms with Crippen molar-refractivity contribution < 1.29 is 23.5 Å². The minimum atomic E-state index is -0.812. The number of para-hydroxylation sites is 1. The lowest BCUT2D eigenvalue weighted by molar-refractivity contribution is -0.141. The second kappa shape index (κ2) is 7.64. The first-order valence-electron chi connectivity index (χ1n) is 10.7. The lowest BCUT2D eigenvalue weighted by Crippen LogP contribution is -2.50. The van der Waals surface area contributed by atoms with Gasteiger partial charge in [-0.3, -0.25) is 9.69 Å². The van der Waals surface area contributed by atoms with Gasteiger partial charge in [0.25, 0.3) is 0 Å². The van der Waals surface area contributed by atoms with Gasteiger partial charge in [0, 0.05) is 31.9 Å². The SMILES string of the molecule is O=C1OC2(CCN(C(=O)C3(c4cccc(F)c4)CCOCC3)C2)CN1c1ccccc1. The van der Waals surface area contributed by atoms with Crippen LogP contribution < -0.4 is 4.90 Å². The van der Waals surface area contributed by atoms with E-state index >= 15 is 0 Å². The molecule has 1 unspecified atom stereocenters. The Morgan fingerprint density at radius 2 is 1.74 bits per heavy atom. The third kappa shape index (κ3) is 3.47. The second-order valence-electron chi connectivity index (χ2n) is 8.65. The monoisotopic (exact) mass is 424 g/mol. The van der Waals surface area contributed by atoms with E-state index in [9.17, 15) is 14.0 Å². The summed E-state index contributed by atoms with van der Waals surface area (Å²) in [5, 5.41) is 0. The van der Waals surface area contributed by atoms with Crippen LogP contribution in [-0.2, 0) is 19.7 Å². The second-order valence-corrected chi connectivity index (χ2v) is 8.65. The van der Waals surface area contributed by atoms with Crippen molar-refractivity contribution >= 4 is 17.7 Å². The zero-order chi connectivity index (χ0) is 21.5. The minimum absolute atomic E-state index is 0.0347. The Balaban J connectivity index is 1.39. The van der Waals surface area contributed by atoms with Crippen LogP contribution in [0.25, 0.3) is 0 Å². The van der Waals surface area contributed by atoms with E-state index in [0.717, 1.165) is 5.69 Å². The molecular weight excluding hydrogens is 399 g/mol. The van der Waals surface area contributed by atoms with Crippen LogP contribution in [0.4, 0.5) is 14.9 Å². The molecule has 0 aromatic heterocycles. The van der Waals surface area contributed by atoms with Crippen molar-refractivity contribution in [3.8, 4) is 0 Å². The van der Waals surface area contributed by atoms with Crippen LogP contribution >= 0.6 is 0 Å². The molecule has 2 aromatic carbocycles. The highest BCUT2D eigenvalue weighted by atomic mass is 19.1. The molecule has 3 heterocycles. The summed E-state index contributed by atoms with van der Waals surface area (Å²) in [6.45, 7) is 2.18. The molecule has 6 nitrogen and oxygen atoms in total. The minimum Gasteiger partial charge on any atom is -0.439 e. The fourth-order valence-corrected chi connectivity index (χ4v) is 5.09. The van der Waals surface area contributed by atoms with Gasteiger partial charge >= 0.3 is 6.09 Å². The molecule has 3 aliphatic rings. The van der Waals surface area contributed by atoms with E-state index in [4.69, 9.17) is 9.47 Å². The first kappa shape index (κ1) is 20.0. The molecule has 31 heavy (non-hydrogen) atoms. The predicted molar refractivity (Wildman–Crippen MR) is 112 cm³/mol. The number of hydrogen-bond donors (Lipinski definition) is 0. The number of ether oxygens (including phenoxy) is 2. The maximum Gasteiger partial charge on any atom is 0.415 e. The van der Waals surface area contributed by atoms with Crippen molar-refractivity contribution in [3.05, 3.63) is 66.0 Å². The van der Waals surface area contributed by atoms with E-state index in [-0.39, 0.29) is 17.8 Å². The van der Waals surface area contributed by atoms with Gasteiger partial charge in [-0.1, -0.05) is 30.3 Å². The third-order valence-electron chi connectivity index (χ3n) is 6.77. The number of nitrogens with zero attached hydrogens (tertiary/aromatic N) is 2. The van der Waals surface area contributed by atoms with Crippen molar-refractivity contribution in [1.29, 1.82) is 0 Å². The van der Waals surface area contributed by atoms with Crippen molar-refractivity contribution in [2.75, 3.05) is 37.7 Å². The average molecular weight is 424 g/mol. The predicted octanol–water partition coefficient (Wildman–Crippen LogP) is 3.50. The van der Waals surface area contributed by atoms with Gasteiger partial charge < -0.3 is 14.4 Å². The Morgan fingerprint density at radius 3 is 2.48 bits per heavy atom. The Kier molecular flexibility index (Phi) is 4.93. The Hall–Kier alpha value is -2.93. The number of likely N-dealkylation sites (tertiary alicyclic amines) is 1. The molecule has 1 atom stereocenters. The van der Waals surface area contributed by atoms with Gasteiger partial charge in [-0.2, -0.15) is 0 Å². The molecule has 3 aliphatic heterocycles. The topological polar surface area (TPSA) is 59.1 Å². The molecule has 0 aliphatic carbocycles. The number of hydrogen-bond acceptors (Lipinski definition) is 4. The van der Waals surface area contributed by atoms with E-state index < -0.39 is 11.0 Å². The Labute approximate surface area is 180 Å². The Morgan fingerprint density at radius 1 is 0.968 bits per heavy atom. The van der Waals surface area contributed by atoms with E-state index in [1.165, 1.54) is 12.1 Å². The number of amides is 2. The van der Waals surface area contributed by atoms with E-state index in [1.54, 1.807) is 15.9 Å². The van der Waals surface area contributed by atoms with E-state index in [2.05, 4.69) is 0 Å². The van der Waals surface area contributed by atoms with Crippen molar-refractivity contribution in [2.45, 2.75) is 30.3 Å². The van der Waals surface area contributed by atoms with E-state index in [1.807, 2.05) is 36.4 Å². The summed E-state index contributed by atoms with van der Waals surface area (Å²) in [6.07, 6.45) is 1.22. The largest absolute Gasteiger partial charge is 0.439 e. The van der Waals surface area contributed by atoms with E-state index in [0.29, 0.717) is 57.7 Å². The summed E-state index contributed by atoms with van der Waals surface area (Å²) >= 11 is 0. The number of benzene rings is 2. The van der Waals surface area contributed by atoms with Crippen LogP contribution in [0, 0.1) is 5.82 Å². The first-order chi connectivity index (χ1) is 15.0. The number of halogens is 1. The molecule has 1 spiro atoms. The third-order valence-corrected chi connectivity index (χ3v) is 6.77. The number of carbonyl (C=O) groups is 2.